The lowest BCUT2D eigenvalue weighted by molar-refractivity contribution is 0.159. The Balaban J connectivity index is 1.52. The third-order valence-electron chi connectivity index (χ3n) is 4.72. The van der Waals surface area contributed by atoms with Gasteiger partial charge in [-0.05, 0) is 52.9 Å². The molecule has 3 aromatic carbocycles. The van der Waals surface area contributed by atoms with Gasteiger partial charge >= 0.3 is 6.03 Å². The van der Waals surface area contributed by atoms with Crippen LogP contribution in [0, 0.1) is 0 Å². The number of amides is 2. The number of nitrogens with one attached hydrogen (secondary N) is 2. The molecule has 0 spiro atoms. The molecule has 4 rings (SSSR count). The zero-order valence-corrected chi connectivity index (χ0v) is 13.8. The zero-order chi connectivity index (χ0) is 17.2. The second kappa shape index (κ2) is 6.57. The number of anilines is 2. The topological polar surface area (TPSA) is 61.4 Å². The number of hydrogen-bond donors (Lipinski definition) is 3. The third-order valence-corrected chi connectivity index (χ3v) is 4.72. The van der Waals surface area contributed by atoms with E-state index in [0.29, 0.717) is 6.42 Å². The fraction of sp³-hybridized carbons (Fsp3) is 0.190. The van der Waals surface area contributed by atoms with Crippen molar-refractivity contribution >= 4 is 28.2 Å². The van der Waals surface area contributed by atoms with Crippen molar-refractivity contribution in [3.63, 3.8) is 0 Å². The number of carbonyl (C=O) groups is 1. The molecule has 1 atom stereocenters. The molecule has 2 amide bonds. The van der Waals surface area contributed by atoms with Gasteiger partial charge in [0.25, 0.3) is 0 Å². The minimum atomic E-state index is -0.334. The quantitative estimate of drug-likeness (QED) is 0.654. The molecular weight excluding hydrogens is 312 g/mol. The molecule has 0 saturated heterocycles. The molecule has 0 saturated carbocycles. The highest BCUT2D eigenvalue weighted by atomic mass is 16.3. The molecule has 0 radical (unpaired) electrons. The van der Waals surface area contributed by atoms with E-state index in [9.17, 15) is 9.90 Å². The first kappa shape index (κ1) is 15.7. The van der Waals surface area contributed by atoms with Crippen LogP contribution in [-0.2, 0) is 12.8 Å². The summed E-state index contributed by atoms with van der Waals surface area (Å²) in [5.41, 5.74) is 3.76. The van der Waals surface area contributed by atoms with Crippen molar-refractivity contribution in [2.24, 2.45) is 0 Å². The molecule has 0 fully saturated rings. The molecule has 0 aromatic heterocycles. The number of benzene rings is 3. The fourth-order valence-corrected chi connectivity index (χ4v) is 3.44. The summed E-state index contributed by atoms with van der Waals surface area (Å²) in [7, 11) is 0. The van der Waals surface area contributed by atoms with Gasteiger partial charge in [-0.25, -0.2) is 4.79 Å². The Hall–Kier alpha value is -2.85. The first-order chi connectivity index (χ1) is 12.2. The van der Waals surface area contributed by atoms with E-state index in [0.717, 1.165) is 40.6 Å². The van der Waals surface area contributed by atoms with Crippen LogP contribution in [-0.4, -0.2) is 17.2 Å². The Kier molecular flexibility index (Phi) is 4.12. The number of aliphatic hydroxyl groups excluding tert-OH is 1. The van der Waals surface area contributed by atoms with Gasteiger partial charge in [0.1, 0.15) is 0 Å². The Morgan fingerprint density at radius 3 is 2.68 bits per heavy atom. The zero-order valence-electron chi connectivity index (χ0n) is 13.8. The smallest absolute Gasteiger partial charge is 0.323 e. The van der Waals surface area contributed by atoms with Crippen LogP contribution in [0.4, 0.5) is 16.2 Å². The molecule has 25 heavy (non-hydrogen) atoms. The average Bonchev–Trinajstić information content (AvgIpc) is 2.62. The lowest BCUT2D eigenvalue weighted by Gasteiger charge is -2.23. The van der Waals surface area contributed by atoms with Gasteiger partial charge in [0.15, 0.2) is 0 Å². The minimum absolute atomic E-state index is 0.274. The largest absolute Gasteiger partial charge is 0.393 e. The van der Waals surface area contributed by atoms with Crippen molar-refractivity contribution in [2.75, 3.05) is 10.6 Å². The van der Waals surface area contributed by atoms with Gasteiger partial charge < -0.3 is 15.7 Å². The first-order valence-electron chi connectivity index (χ1n) is 8.55. The van der Waals surface area contributed by atoms with E-state index < -0.39 is 0 Å². The summed E-state index contributed by atoms with van der Waals surface area (Å²) in [6.07, 6.45) is 1.87. The maximum Gasteiger partial charge on any atom is 0.323 e. The number of fused-ring (bicyclic) bond motifs is 2. The van der Waals surface area contributed by atoms with E-state index in [1.807, 2.05) is 54.6 Å². The molecule has 1 aliphatic carbocycles. The van der Waals surface area contributed by atoms with E-state index in [2.05, 4.69) is 16.7 Å². The van der Waals surface area contributed by atoms with Gasteiger partial charge in [-0.3, -0.25) is 0 Å². The number of hydrogen-bond acceptors (Lipinski definition) is 2. The highest BCUT2D eigenvalue weighted by Crippen LogP contribution is 2.28. The maximum absolute atomic E-state index is 12.4. The van der Waals surface area contributed by atoms with Crippen LogP contribution in [0.1, 0.15) is 17.5 Å². The van der Waals surface area contributed by atoms with Crippen LogP contribution in [0.3, 0.4) is 0 Å². The van der Waals surface area contributed by atoms with Gasteiger partial charge in [-0.1, -0.05) is 42.5 Å². The fourth-order valence-electron chi connectivity index (χ4n) is 3.44. The summed E-state index contributed by atoms with van der Waals surface area (Å²) >= 11 is 0. The highest BCUT2D eigenvalue weighted by Gasteiger charge is 2.19. The molecule has 126 valence electrons. The van der Waals surface area contributed by atoms with Gasteiger partial charge in [0, 0.05) is 17.8 Å². The summed E-state index contributed by atoms with van der Waals surface area (Å²) in [5.74, 6) is 0. The van der Waals surface area contributed by atoms with Crippen LogP contribution in [0.2, 0.25) is 0 Å². The van der Waals surface area contributed by atoms with Crippen LogP contribution >= 0.6 is 0 Å². The van der Waals surface area contributed by atoms with Crippen molar-refractivity contribution in [1.82, 2.24) is 0 Å². The molecular formula is C21H20N2O2. The summed E-state index contributed by atoms with van der Waals surface area (Å²) in [6.45, 7) is 0. The minimum Gasteiger partial charge on any atom is -0.393 e. The van der Waals surface area contributed by atoms with Crippen LogP contribution in [0.15, 0.2) is 60.7 Å². The summed E-state index contributed by atoms with van der Waals surface area (Å²) < 4.78 is 0. The maximum atomic E-state index is 12.4. The Labute approximate surface area is 146 Å². The lowest BCUT2D eigenvalue weighted by atomic mass is 9.88. The second-order valence-corrected chi connectivity index (χ2v) is 6.48. The standard InChI is InChI=1S/C21H20N2O2/c24-18-11-9-15-6-3-7-20(19(15)13-18)23-21(25)22-17-10-8-14-4-1-2-5-16(14)12-17/h1-8,10,12,18,24H,9,11,13H2,(H2,22,23,25)/t18-/m0/s1. The second-order valence-electron chi connectivity index (χ2n) is 6.48. The van der Waals surface area contributed by atoms with Crippen molar-refractivity contribution in [3.8, 4) is 0 Å². The Morgan fingerprint density at radius 1 is 0.960 bits per heavy atom. The van der Waals surface area contributed by atoms with E-state index >= 15 is 0 Å². The van der Waals surface area contributed by atoms with E-state index in [1.54, 1.807) is 0 Å². The van der Waals surface area contributed by atoms with Crippen LogP contribution in [0.5, 0.6) is 0 Å². The predicted molar refractivity (Wildman–Crippen MR) is 101 cm³/mol. The van der Waals surface area contributed by atoms with Crippen LogP contribution in [0.25, 0.3) is 10.8 Å². The Bertz CT molecular complexity index is 936. The molecule has 0 bridgehead atoms. The molecule has 3 N–H and O–H groups in total. The van der Waals surface area contributed by atoms with Crippen molar-refractivity contribution < 1.29 is 9.90 Å². The van der Waals surface area contributed by atoms with E-state index in [-0.39, 0.29) is 12.1 Å². The SMILES string of the molecule is O=C(Nc1ccc2ccccc2c1)Nc1cccc2c1C[C@@H](O)CC2. The molecule has 4 heteroatoms. The normalized spacial score (nSPS) is 16.3. The first-order valence-corrected chi connectivity index (χ1v) is 8.55. The predicted octanol–water partition coefficient (Wildman–Crippen LogP) is 4.33. The third kappa shape index (κ3) is 3.35. The van der Waals surface area contributed by atoms with E-state index in [4.69, 9.17) is 0 Å². The number of carbonyl (C=O) groups excluding carboxylic acids is 1. The summed E-state index contributed by atoms with van der Waals surface area (Å²) in [6, 6.07) is 19.5. The molecule has 1 aliphatic rings. The summed E-state index contributed by atoms with van der Waals surface area (Å²) in [5, 5.41) is 18.0. The number of aryl methyl sites for hydroxylation is 1. The van der Waals surface area contributed by atoms with Gasteiger partial charge in [-0.15, -0.1) is 0 Å². The molecule has 0 heterocycles. The van der Waals surface area contributed by atoms with Crippen molar-refractivity contribution in [1.29, 1.82) is 0 Å². The number of urea groups is 1. The average molecular weight is 332 g/mol. The molecule has 4 nitrogen and oxygen atoms in total. The number of rotatable bonds is 2. The van der Waals surface area contributed by atoms with Gasteiger partial charge in [-0.2, -0.15) is 0 Å². The molecule has 3 aromatic rings. The number of aliphatic hydroxyl groups is 1. The highest BCUT2D eigenvalue weighted by molar-refractivity contribution is 6.01. The lowest BCUT2D eigenvalue weighted by Crippen LogP contribution is -2.24. The van der Waals surface area contributed by atoms with Crippen molar-refractivity contribution in [2.45, 2.75) is 25.4 Å². The van der Waals surface area contributed by atoms with Gasteiger partial charge in [0.05, 0.1) is 6.10 Å². The van der Waals surface area contributed by atoms with Crippen molar-refractivity contribution in [3.05, 3.63) is 71.8 Å². The monoisotopic (exact) mass is 332 g/mol. The van der Waals surface area contributed by atoms with E-state index in [1.165, 1.54) is 5.56 Å². The summed E-state index contributed by atoms with van der Waals surface area (Å²) in [4.78, 5) is 12.4. The molecule has 0 aliphatic heterocycles. The van der Waals surface area contributed by atoms with Gasteiger partial charge in [0.2, 0.25) is 0 Å². The molecule has 0 unspecified atom stereocenters. The van der Waals surface area contributed by atoms with Crippen LogP contribution < -0.4 is 10.6 Å². The Morgan fingerprint density at radius 2 is 1.80 bits per heavy atom.